The summed E-state index contributed by atoms with van der Waals surface area (Å²) in [5.41, 5.74) is 2.19. The van der Waals surface area contributed by atoms with Crippen molar-refractivity contribution in [2.75, 3.05) is 12.4 Å². The van der Waals surface area contributed by atoms with Gasteiger partial charge in [0.1, 0.15) is 0 Å². The topological polar surface area (TPSA) is 47.0 Å². The molecule has 0 atom stereocenters. The van der Waals surface area contributed by atoms with Crippen LogP contribution in [0.2, 0.25) is 0 Å². The first kappa shape index (κ1) is 12.4. The lowest BCUT2D eigenvalue weighted by Gasteiger charge is -2.07. The molecule has 0 spiro atoms. The Kier molecular flexibility index (Phi) is 3.46. The van der Waals surface area contributed by atoms with Crippen molar-refractivity contribution in [1.29, 1.82) is 0 Å². The van der Waals surface area contributed by atoms with Crippen LogP contribution >= 0.6 is 0 Å². The molecule has 0 amide bonds. The number of methoxy groups -OCH3 is 1. The van der Waals surface area contributed by atoms with Gasteiger partial charge >= 0.3 is 0 Å². The summed E-state index contributed by atoms with van der Waals surface area (Å²) in [5.74, 6) is 0.619. The van der Waals surface area contributed by atoms with Crippen LogP contribution in [-0.2, 0) is 6.54 Å². The Morgan fingerprint density at radius 1 is 1.05 bits per heavy atom. The normalized spacial score (nSPS) is 10.4. The van der Waals surface area contributed by atoms with Crippen molar-refractivity contribution in [1.82, 2.24) is 9.97 Å². The molecule has 2 heterocycles. The quantitative estimate of drug-likeness (QED) is 0.786. The Bertz CT molecular complexity index is 710. The molecule has 0 saturated carbocycles. The maximum absolute atomic E-state index is 5.04. The molecule has 1 N–H and O–H groups in total. The number of hydrogen-bond donors (Lipinski definition) is 1. The SMILES string of the molecule is COc1ccc(NCc2ccc3cnccc3c2)cn1. The number of anilines is 1. The van der Waals surface area contributed by atoms with Gasteiger partial charge in [-0.3, -0.25) is 4.98 Å². The molecule has 4 nitrogen and oxygen atoms in total. The van der Waals surface area contributed by atoms with E-state index in [9.17, 15) is 0 Å². The Morgan fingerprint density at radius 2 is 2.00 bits per heavy atom. The predicted octanol–water partition coefficient (Wildman–Crippen LogP) is 3.25. The van der Waals surface area contributed by atoms with E-state index < -0.39 is 0 Å². The van der Waals surface area contributed by atoms with Crippen molar-refractivity contribution in [3.05, 3.63) is 60.6 Å². The van der Waals surface area contributed by atoms with Crippen molar-refractivity contribution in [2.45, 2.75) is 6.54 Å². The largest absolute Gasteiger partial charge is 0.481 e. The first-order chi connectivity index (χ1) is 9.85. The van der Waals surface area contributed by atoms with Crippen LogP contribution < -0.4 is 10.1 Å². The highest BCUT2D eigenvalue weighted by Gasteiger charge is 1.98. The molecule has 2 aromatic heterocycles. The lowest BCUT2D eigenvalue weighted by molar-refractivity contribution is 0.398. The van der Waals surface area contributed by atoms with Crippen LogP contribution in [-0.4, -0.2) is 17.1 Å². The van der Waals surface area contributed by atoms with Gasteiger partial charge in [0.05, 0.1) is 19.0 Å². The Morgan fingerprint density at radius 3 is 2.80 bits per heavy atom. The van der Waals surface area contributed by atoms with Gasteiger partial charge in [-0.25, -0.2) is 4.98 Å². The molecular formula is C16H15N3O. The standard InChI is InChI=1S/C16H15N3O/c1-20-16-5-4-15(11-19-16)18-9-12-2-3-14-10-17-7-6-13(14)8-12/h2-8,10-11,18H,9H2,1H3. The molecule has 0 aliphatic rings. The Labute approximate surface area is 117 Å². The van der Waals surface area contributed by atoms with Gasteiger partial charge in [-0.2, -0.15) is 0 Å². The van der Waals surface area contributed by atoms with Crippen molar-refractivity contribution in [3.63, 3.8) is 0 Å². The molecule has 0 aliphatic heterocycles. The van der Waals surface area contributed by atoms with Crippen LogP contribution in [0.5, 0.6) is 5.88 Å². The van der Waals surface area contributed by atoms with E-state index in [1.54, 1.807) is 13.3 Å². The summed E-state index contributed by atoms with van der Waals surface area (Å²) in [5, 5.41) is 5.70. The van der Waals surface area contributed by atoms with E-state index in [-0.39, 0.29) is 0 Å². The van der Waals surface area contributed by atoms with Gasteiger partial charge in [-0.1, -0.05) is 12.1 Å². The fourth-order valence-electron chi connectivity index (χ4n) is 2.05. The average molecular weight is 265 g/mol. The molecule has 0 fully saturated rings. The lowest BCUT2D eigenvalue weighted by atomic mass is 10.1. The number of rotatable bonds is 4. The smallest absolute Gasteiger partial charge is 0.213 e. The fraction of sp³-hybridized carbons (Fsp3) is 0.125. The van der Waals surface area contributed by atoms with Crippen LogP contribution in [0.4, 0.5) is 5.69 Å². The minimum Gasteiger partial charge on any atom is -0.481 e. The molecular weight excluding hydrogens is 250 g/mol. The number of pyridine rings is 2. The van der Waals surface area contributed by atoms with E-state index >= 15 is 0 Å². The van der Waals surface area contributed by atoms with E-state index in [0.717, 1.165) is 17.6 Å². The molecule has 3 aromatic rings. The summed E-state index contributed by atoms with van der Waals surface area (Å²) in [6.45, 7) is 0.756. The van der Waals surface area contributed by atoms with Crippen LogP contribution in [0.15, 0.2) is 55.0 Å². The number of hydrogen-bond acceptors (Lipinski definition) is 4. The summed E-state index contributed by atoms with van der Waals surface area (Å²) in [7, 11) is 1.61. The number of benzene rings is 1. The van der Waals surface area contributed by atoms with E-state index in [0.29, 0.717) is 5.88 Å². The number of nitrogens with zero attached hydrogens (tertiary/aromatic N) is 2. The molecule has 4 heteroatoms. The third kappa shape index (κ3) is 2.69. The zero-order valence-corrected chi connectivity index (χ0v) is 11.2. The van der Waals surface area contributed by atoms with E-state index in [1.165, 1.54) is 10.9 Å². The molecule has 100 valence electrons. The van der Waals surface area contributed by atoms with E-state index in [4.69, 9.17) is 4.74 Å². The van der Waals surface area contributed by atoms with Gasteiger partial charge in [0.15, 0.2) is 0 Å². The van der Waals surface area contributed by atoms with E-state index in [1.807, 2.05) is 30.6 Å². The second-order valence-electron chi connectivity index (χ2n) is 4.50. The zero-order chi connectivity index (χ0) is 13.8. The molecule has 0 radical (unpaired) electrons. The Hall–Kier alpha value is -2.62. The summed E-state index contributed by atoms with van der Waals surface area (Å²) >= 11 is 0. The summed E-state index contributed by atoms with van der Waals surface area (Å²) in [4.78, 5) is 8.28. The molecule has 0 aliphatic carbocycles. The highest BCUT2D eigenvalue weighted by atomic mass is 16.5. The van der Waals surface area contributed by atoms with Gasteiger partial charge in [0, 0.05) is 30.4 Å². The average Bonchev–Trinajstić information content (AvgIpc) is 2.53. The highest BCUT2D eigenvalue weighted by Crippen LogP contribution is 2.16. The van der Waals surface area contributed by atoms with Crippen LogP contribution in [0.3, 0.4) is 0 Å². The molecule has 20 heavy (non-hydrogen) atoms. The van der Waals surface area contributed by atoms with E-state index in [2.05, 4.69) is 33.5 Å². The van der Waals surface area contributed by atoms with Gasteiger partial charge in [0.2, 0.25) is 5.88 Å². The lowest BCUT2D eigenvalue weighted by Crippen LogP contribution is -2.00. The summed E-state index contributed by atoms with van der Waals surface area (Å²) in [6, 6.07) is 12.2. The van der Waals surface area contributed by atoms with Gasteiger partial charge < -0.3 is 10.1 Å². The zero-order valence-electron chi connectivity index (χ0n) is 11.2. The first-order valence-electron chi connectivity index (χ1n) is 6.42. The van der Waals surface area contributed by atoms with Crippen LogP contribution in [0.1, 0.15) is 5.56 Å². The Balaban J connectivity index is 1.72. The van der Waals surface area contributed by atoms with Crippen LogP contribution in [0, 0.1) is 0 Å². The number of fused-ring (bicyclic) bond motifs is 1. The van der Waals surface area contributed by atoms with Crippen LogP contribution in [0.25, 0.3) is 10.8 Å². The summed E-state index contributed by atoms with van der Waals surface area (Å²) in [6.07, 6.45) is 5.46. The highest BCUT2D eigenvalue weighted by molar-refractivity contribution is 5.82. The predicted molar refractivity (Wildman–Crippen MR) is 79.9 cm³/mol. The number of nitrogens with one attached hydrogen (secondary N) is 1. The van der Waals surface area contributed by atoms with Crippen molar-refractivity contribution in [3.8, 4) is 5.88 Å². The second kappa shape index (κ2) is 5.57. The van der Waals surface area contributed by atoms with Crippen molar-refractivity contribution in [2.24, 2.45) is 0 Å². The summed E-state index contributed by atoms with van der Waals surface area (Å²) < 4.78 is 5.04. The van der Waals surface area contributed by atoms with Crippen molar-refractivity contribution < 1.29 is 4.74 Å². The third-order valence-electron chi connectivity index (χ3n) is 3.15. The molecule has 0 saturated heterocycles. The fourth-order valence-corrected chi connectivity index (χ4v) is 2.05. The first-order valence-corrected chi connectivity index (χ1v) is 6.42. The monoisotopic (exact) mass is 265 g/mol. The van der Waals surface area contributed by atoms with Gasteiger partial charge in [-0.15, -0.1) is 0 Å². The number of ether oxygens (including phenoxy) is 1. The number of aromatic nitrogens is 2. The molecule has 0 unspecified atom stereocenters. The second-order valence-corrected chi connectivity index (χ2v) is 4.50. The minimum atomic E-state index is 0.619. The molecule has 3 rings (SSSR count). The maximum atomic E-state index is 5.04. The third-order valence-corrected chi connectivity index (χ3v) is 3.15. The van der Waals surface area contributed by atoms with Gasteiger partial charge in [-0.05, 0) is 29.1 Å². The minimum absolute atomic E-state index is 0.619. The maximum Gasteiger partial charge on any atom is 0.213 e. The van der Waals surface area contributed by atoms with Crippen molar-refractivity contribution >= 4 is 16.5 Å². The van der Waals surface area contributed by atoms with Gasteiger partial charge in [0.25, 0.3) is 0 Å². The molecule has 1 aromatic carbocycles. The molecule has 0 bridgehead atoms.